The number of rotatable bonds is 3. The van der Waals surface area contributed by atoms with Crippen LogP contribution in [0.5, 0.6) is 0 Å². The summed E-state index contributed by atoms with van der Waals surface area (Å²) in [7, 11) is 4.26. The molecular weight excluding hydrogens is 272 g/mol. The molecule has 0 spiro atoms. The summed E-state index contributed by atoms with van der Waals surface area (Å²) >= 11 is 0. The van der Waals surface area contributed by atoms with Gasteiger partial charge in [-0.3, -0.25) is 9.74 Å². The van der Waals surface area contributed by atoms with Crippen LogP contribution in [-0.4, -0.2) is 33.3 Å². The Kier molecular flexibility index (Phi) is 5.32. The lowest BCUT2D eigenvalue weighted by Gasteiger charge is -2.25. The predicted molar refractivity (Wildman–Crippen MR) is 80.7 cm³/mol. The second kappa shape index (κ2) is 6.58. The summed E-state index contributed by atoms with van der Waals surface area (Å²) in [6.07, 6.45) is 0. The Balaban J connectivity index is 3.62. The number of esters is 1. The van der Waals surface area contributed by atoms with E-state index in [0.29, 0.717) is 11.3 Å². The van der Waals surface area contributed by atoms with Crippen molar-refractivity contribution in [3.63, 3.8) is 0 Å². The fourth-order valence-electron chi connectivity index (χ4n) is 2.32. The molecule has 1 rings (SSSR count). The van der Waals surface area contributed by atoms with Gasteiger partial charge in [0, 0.05) is 7.05 Å². The molecule has 0 fully saturated rings. The van der Waals surface area contributed by atoms with Gasteiger partial charge in [0.1, 0.15) is 0 Å². The average Bonchev–Trinajstić information content (AvgIpc) is 2.47. The second-order valence-electron chi connectivity index (χ2n) is 4.89. The van der Waals surface area contributed by atoms with Crippen molar-refractivity contribution < 1.29 is 19.2 Å². The molecular formula is C15H22N2O4. The van der Waals surface area contributed by atoms with Crippen LogP contribution in [0.15, 0.2) is 0 Å². The lowest BCUT2D eigenvalue weighted by atomic mass is 9.91. The SMILES string of the molecule is CONC(=O)N(C)c1c(C)c(C)c(C)c(C)c1C(=O)OC. The summed E-state index contributed by atoms with van der Waals surface area (Å²) in [6.45, 7) is 7.63. The standard InChI is InChI=1S/C15H22N2O4/c1-8-9(2)11(4)13(17(5)15(19)16-21-7)12(10(8)3)14(18)20-6/h1-7H3,(H,16,19). The van der Waals surface area contributed by atoms with E-state index < -0.39 is 12.0 Å². The number of hydrogen-bond donors (Lipinski definition) is 1. The monoisotopic (exact) mass is 294 g/mol. The molecule has 1 aromatic rings. The average molecular weight is 294 g/mol. The van der Waals surface area contributed by atoms with Crippen molar-refractivity contribution in [3.05, 3.63) is 27.8 Å². The Hall–Kier alpha value is -2.08. The summed E-state index contributed by atoms with van der Waals surface area (Å²) in [4.78, 5) is 30.1. The Morgan fingerprint density at radius 1 is 0.952 bits per heavy atom. The third-order valence-electron chi connectivity index (χ3n) is 3.87. The maximum Gasteiger partial charge on any atom is 0.345 e. The van der Waals surface area contributed by atoms with Crippen molar-refractivity contribution in [3.8, 4) is 0 Å². The van der Waals surface area contributed by atoms with Gasteiger partial charge in [0.05, 0.1) is 25.5 Å². The molecule has 0 aliphatic carbocycles. The van der Waals surface area contributed by atoms with Crippen LogP contribution in [0.3, 0.4) is 0 Å². The first-order valence-electron chi connectivity index (χ1n) is 6.53. The highest BCUT2D eigenvalue weighted by molar-refractivity contribution is 6.04. The van der Waals surface area contributed by atoms with Crippen LogP contribution < -0.4 is 10.4 Å². The highest BCUT2D eigenvalue weighted by Crippen LogP contribution is 2.33. The number of carbonyl (C=O) groups is 2. The van der Waals surface area contributed by atoms with Gasteiger partial charge in [0.2, 0.25) is 0 Å². The Morgan fingerprint density at radius 2 is 1.48 bits per heavy atom. The third kappa shape index (κ3) is 3.00. The van der Waals surface area contributed by atoms with E-state index in [1.165, 1.54) is 19.1 Å². The fraction of sp³-hybridized carbons (Fsp3) is 0.467. The smallest absolute Gasteiger partial charge is 0.345 e. The van der Waals surface area contributed by atoms with Crippen LogP contribution in [0.25, 0.3) is 0 Å². The molecule has 6 nitrogen and oxygen atoms in total. The molecule has 0 saturated carbocycles. The number of nitrogens with zero attached hydrogens (tertiary/aromatic N) is 1. The van der Waals surface area contributed by atoms with Crippen molar-refractivity contribution >= 4 is 17.7 Å². The molecule has 0 aliphatic heterocycles. The minimum Gasteiger partial charge on any atom is -0.465 e. The van der Waals surface area contributed by atoms with E-state index in [4.69, 9.17) is 4.74 Å². The molecule has 116 valence electrons. The van der Waals surface area contributed by atoms with Gasteiger partial charge in [-0.1, -0.05) is 0 Å². The molecule has 1 N–H and O–H groups in total. The van der Waals surface area contributed by atoms with E-state index in [2.05, 4.69) is 10.3 Å². The number of amides is 2. The molecule has 0 unspecified atom stereocenters. The van der Waals surface area contributed by atoms with Crippen molar-refractivity contribution in [1.82, 2.24) is 5.48 Å². The second-order valence-corrected chi connectivity index (χ2v) is 4.89. The van der Waals surface area contributed by atoms with Gasteiger partial charge in [0.25, 0.3) is 0 Å². The highest BCUT2D eigenvalue weighted by atomic mass is 16.6. The number of hydrogen-bond acceptors (Lipinski definition) is 4. The number of nitrogens with one attached hydrogen (secondary N) is 1. The summed E-state index contributed by atoms with van der Waals surface area (Å²) in [6, 6.07) is -0.464. The lowest BCUT2D eigenvalue weighted by molar-refractivity contribution is 0.0600. The van der Waals surface area contributed by atoms with Gasteiger partial charge in [-0.2, -0.15) is 0 Å². The zero-order valence-electron chi connectivity index (χ0n) is 13.6. The first-order chi connectivity index (χ1) is 9.77. The van der Waals surface area contributed by atoms with Crippen molar-refractivity contribution in [2.75, 3.05) is 26.2 Å². The minimum atomic E-state index is -0.467. The number of urea groups is 1. The van der Waals surface area contributed by atoms with E-state index in [1.807, 2.05) is 27.7 Å². The van der Waals surface area contributed by atoms with Gasteiger partial charge >= 0.3 is 12.0 Å². The molecule has 21 heavy (non-hydrogen) atoms. The molecule has 1 aromatic carbocycles. The third-order valence-corrected chi connectivity index (χ3v) is 3.87. The molecule has 0 radical (unpaired) electrons. The first-order valence-corrected chi connectivity index (χ1v) is 6.53. The van der Waals surface area contributed by atoms with Crippen molar-refractivity contribution in [2.45, 2.75) is 27.7 Å². The van der Waals surface area contributed by atoms with Crippen LogP contribution in [-0.2, 0) is 9.57 Å². The predicted octanol–water partition coefficient (Wildman–Crippen LogP) is 2.41. The number of benzene rings is 1. The zero-order valence-corrected chi connectivity index (χ0v) is 13.6. The summed E-state index contributed by atoms with van der Waals surface area (Å²) in [5, 5.41) is 0. The van der Waals surface area contributed by atoms with Gasteiger partial charge in [-0.05, 0) is 49.9 Å². The minimum absolute atomic E-state index is 0.395. The van der Waals surface area contributed by atoms with E-state index >= 15 is 0 Å². The van der Waals surface area contributed by atoms with Crippen molar-refractivity contribution in [2.24, 2.45) is 0 Å². The number of carbonyl (C=O) groups excluding carboxylic acids is 2. The summed E-state index contributed by atoms with van der Waals surface area (Å²) in [5.74, 6) is -0.467. The van der Waals surface area contributed by atoms with E-state index in [1.54, 1.807) is 7.05 Å². The van der Waals surface area contributed by atoms with Crippen molar-refractivity contribution in [1.29, 1.82) is 0 Å². The molecule has 0 aliphatic rings. The zero-order chi connectivity index (χ0) is 16.3. The maximum atomic E-state index is 12.1. The summed E-state index contributed by atoms with van der Waals surface area (Å²) in [5.41, 5.74) is 6.87. The van der Waals surface area contributed by atoms with Crippen LogP contribution >= 0.6 is 0 Å². The maximum absolute atomic E-state index is 12.1. The molecule has 2 amide bonds. The molecule has 0 saturated heterocycles. The fourth-order valence-corrected chi connectivity index (χ4v) is 2.32. The largest absolute Gasteiger partial charge is 0.465 e. The molecule has 0 aromatic heterocycles. The lowest BCUT2D eigenvalue weighted by Crippen LogP contribution is -2.38. The van der Waals surface area contributed by atoms with E-state index in [-0.39, 0.29) is 0 Å². The summed E-state index contributed by atoms with van der Waals surface area (Å²) < 4.78 is 4.87. The van der Waals surface area contributed by atoms with E-state index in [9.17, 15) is 9.59 Å². The van der Waals surface area contributed by atoms with Crippen LogP contribution in [0.2, 0.25) is 0 Å². The Labute approximate surface area is 125 Å². The van der Waals surface area contributed by atoms with Gasteiger partial charge in [0.15, 0.2) is 0 Å². The number of ether oxygens (including phenoxy) is 1. The number of hydroxylamine groups is 1. The molecule has 0 bridgehead atoms. The number of methoxy groups -OCH3 is 1. The van der Waals surface area contributed by atoms with Gasteiger partial charge < -0.3 is 4.74 Å². The molecule has 6 heteroatoms. The van der Waals surface area contributed by atoms with E-state index in [0.717, 1.165) is 22.3 Å². The Morgan fingerprint density at radius 3 is 1.95 bits per heavy atom. The Bertz CT molecular complexity index is 582. The van der Waals surface area contributed by atoms with Gasteiger partial charge in [-0.15, -0.1) is 0 Å². The van der Waals surface area contributed by atoms with Crippen LogP contribution in [0, 0.1) is 27.7 Å². The van der Waals surface area contributed by atoms with Crippen LogP contribution in [0.4, 0.5) is 10.5 Å². The first kappa shape index (κ1) is 17.0. The molecule has 0 atom stereocenters. The molecule has 0 heterocycles. The topological polar surface area (TPSA) is 67.9 Å². The number of anilines is 1. The highest BCUT2D eigenvalue weighted by Gasteiger charge is 2.26. The normalized spacial score (nSPS) is 10.2. The van der Waals surface area contributed by atoms with Gasteiger partial charge in [-0.25, -0.2) is 15.1 Å². The van der Waals surface area contributed by atoms with Crippen LogP contribution in [0.1, 0.15) is 32.6 Å². The quantitative estimate of drug-likeness (QED) is 0.686.